The summed E-state index contributed by atoms with van der Waals surface area (Å²) in [4.78, 5) is 28.2. The number of nitrogens with zero attached hydrogens (tertiary/aromatic N) is 2. The fraction of sp³-hybridized carbons (Fsp3) is 0.875. The molecule has 0 saturated carbocycles. The van der Waals surface area contributed by atoms with Gasteiger partial charge in [-0.1, -0.05) is 20.8 Å². The van der Waals surface area contributed by atoms with Crippen molar-refractivity contribution < 1.29 is 9.59 Å². The fourth-order valence-corrected chi connectivity index (χ4v) is 2.87. The highest BCUT2D eigenvalue weighted by atomic mass is 35.5. The monoisotopic (exact) mass is 333 g/mol. The van der Waals surface area contributed by atoms with Crippen molar-refractivity contribution in [2.45, 2.75) is 46.5 Å². The Morgan fingerprint density at radius 2 is 2.00 bits per heavy atom. The number of rotatable bonds is 6. The minimum absolute atomic E-state index is 0. The molecular formula is C16H32ClN3O2. The van der Waals surface area contributed by atoms with E-state index in [2.05, 4.69) is 13.8 Å². The van der Waals surface area contributed by atoms with Crippen molar-refractivity contribution in [3.05, 3.63) is 0 Å². The van der Waals surface area contributed by atoms with E-state index in [0.717, 1.165) is 25.8 Å². The van der Waals surface area contributed by atoms with Gasteiger partial charge in [0, 0.05) is 33.1 Å². The maximum Gasteiger partial charge on any atom is 0.227 e. The third-order valence-electron chi connectivity index (χ3n) is 4.18. The van der Waals surface area contributed by atoms with Crippen LogP contribution in [0.15, 0.2) is 0 Å². The molecule has 2 amide bonds. The van der Waals surface area contributed by atoms with E-state index in [4.69, 9.17) is 5.73 Å². The lowest BCUT2D eigenvalue weighted by molar-refractivity contribution is -0.140. The van der Waals surface area contributed by atoms with Gasteiger partial charge in [0.1, 0.15) is 0 Å². The SMILES string of the molecule is CCCC(=O)N1CCCC(C(=O)N(C)CC(C)(C)CN)C1.Cl. The zero-order valence-electron chi connectivity index (χ0n) is 14.4. The van der Waals surface area contributed by atoms with Gasteiger partial charge in [0.25, 0.3) is 0 Å². The van der Waals surface area contributed by atoms with Crippen LogP contribution in [0.5, 0.6) is 0 Å². The summed E-state index contributed by atoms with van der Waals surface area (Å²) in [6, 6.07) is 0. The highest BCUT2D eigenvalue weighted by molar-refractivity contribution is 5.85. The van der Waals surface area contributed by atoms with Gasteiger partial charge in [-0.15, -0.1) is 12.4 Å². The van der Waals surface area contributed by atoms with Gasteiger partial charge in [0.05, 0.1) is 5.92 Å². The molecule has 0 radical (unpaired) electrons. The van der Waals surface area contributed by atoms with Crippen LogP contribution in [-0.4, -0.2) is 54.8 Å². The standard InChI is InChI=1S/C16H31N3O2.ClH/c1-5-7-14(20)19-9-6-8-13(10-19)15(21)18(4)12-16(2,3)11-17;/h13H,5-12,17H2,1-4H3;1H. The summed E-state index contributed by atoms with van der Waals surface area (Å²) in [5.74, 6) is 0.267. The van der Waals surface area contributed by atoms with Crippen LogP contribution >= 0.6 is 12.4 Å². The Morgan fingerprint density at radius 1 is 1.36 bits per heavy atom. The number of hydrogen-bond donors (Lipinski definition) is 1. The Kier molecular flexibility index (Phi) is 9.01. The molecule has 1 heterocycles. The molecule has 0 aliphatic carbocycles. The van der Waals surface area contributed by atoms with Crippen LogP contribution < -0.4 is 5.73 Å². The Hall–Kier alpha value is -0.810. The van der Waals surface area contributed by atoms with Crippen LogP contribution in [0.3, 0.4) is 0 Å². The maximum atomic E-state index is 12.6. The number of halogens is 1. The van der Waals surface area contributed by atoms with Crippen molar-refractivity contribution in [1.29, 1.82) is 0 Å². The van der Waals surface area contributed by atoms with Crippen molar-refractivity contribution in [2.75, 3.05) is 33.2 Å². The van der Waals surface area contributed by atoms with Crippen LogP contribution in [0, 0.1) is 11.3 Å². The van der Waals surface area contributed by atoms with Gasteiger partial charge >= 0.3 is 0 Å². The largest absolute Gasteiger partial charge is 0.345 e. The normalized spacial score (nSPS) is 18.6. The number of hydrogen-bond acceptors (Lipinski definition) is 3. The third-order valence-corrected chi connectivity index (χ3v) is 4.18. The van der Waals surface area contributed by atoms with Gasteiger partial charge in [-0.05, 0) is 31.2 Å². The smallest absolute Gasteiger partial charge is 0.227 e. The molecule has 0 aromatic heterocycles. The molecule has 0 spiro atoms. The molecule has 1 atom stereocenters. The van der Waals surface area contributed by atoms with E-state index in [-0.39, 0.29) is 35.6 Å². The highest BCUT2D eigenvalue weighted by Gasteiger charge is 2.31. The number of likely N-dealkylation sites (tertiary alicyclic amines) is 1. The average Bonchev–Trinajstić information content (AvgIpc) is 2.46. The van der Waals surface area contributed by atoms with E-state index in [1.807, 2.05) is 18.9 Å². The van der Waals surface area contributed by atoms with Crippen molar-refractivity contribution in [3.8, 4) is 0 Å². The minimum Gasteiger partial charge on any atom is -0.345 e. The van der Waals surface area contributed by atoms with Crippen molar-refractivity contribution in [2.24, 2.45) is 17.1 Å². The zero-order valence-corrected chi connectivity index (χ0v) is 15.2. The summed E-state index contributed by atoms with van der Waals surface area (Å²) >= 11 is 0. The molecule has 1 fully saturated rings. The first-order valence-electron chi connectivity index (χ1n) is 8.03. The van der Waals surface area contributed by atoms with Crippen molar-refractivity contribution >= 4 is 24.2 Å². The first-order valence-corrected chi connectivity index (χ1v) is 8.03. The zero-order chi connectivity index (χ0) is 16.0. The van der Waals surface area contributed by atoms with Gasteiger partial charge in [-0.3, -0.25) is 9.59 Å². The quantitative estimate of drug-likeness (QED) is 0.807. The summed E-state index contributed by atoms with van der Waals surface area (Å²) in [6.07, 6.45) is 3.23. The lowest BCUT2D eigenvalue weighted by atomic mass is 9.91. The molecule has 6 heteroatoms. The molecule has 1 saturated heterocycles. The number of nitrogens with two attached hydrogens (primary N) is 1. The molecule has 0 bridgehead atoms. The van der Waals surface area contributed by atoms with Gasteiger partial charge < -0.3 is 15.5 Å². The molecule has 2 N–H and O–H groups in total. The Balaban J connectivity index is 0.00000441. The molecule has 5 nitrogen and oxygen atoms in total. The van der Waals surface area contributed by atoms with Crippen LogP contribution in [0.2, 0.25) is 0 Å². The van der Waals surface area contributed by atoms with Crippen LogP contribution in [-0.2, 0) is 9.59 Å². The maximum absolute atomic E-state index is 12.6. The molecule has 130 valence electrons. The first-order chi connectivity index (χ1) is 9.80. The van der Waals surface area contributed by atoms with E-state index in [1.165, 1.54) is 0 Å². The molecule has 1 aliphatic heterocycles. The summed E-state index contributed by atoms with van der Waals surface area (Å²) in [5, 5.41) is 0. The Bertz CT molecular complexity index is 374. The summed E-state index contributed by atoms with van der Waals surface area (Å²) < 4.78 is 0. The lowest BCUT2D eigenvalue weighted by Gasteiger charge is -2.36. The number of amides is 2. The van der Waals surface area contributed by atoms with Gasteiger partial charge in [-0.25, -0.2) is 0 Å². The molecule has 1 aliphatic rings. The summed E-state index contributed by atoms with van der Waals surface area (Å²) in [6.45, 7) is 8.71. The highest BCUT2D eigenvalue weighted by Crippen LogP contribution is 2.21. The second-order valence-corrected chi connectivity index (χ2v) is 6.99. The summed E-state index contributed by atoms with van der Waals surface area (Å²) in [5.41, 5.74) is 5.66. The number of carbonyl (C=O) groups is 2. The second kappa shape index (κ2) is 9.36. The molecule has 0 aromatic rings. The lowest BCUT2D eigenvalue weighted by Crippen LogP contribution is -2.48. The molecule has 0 aromatic carbocycles. The predicted octanol–water partition coefficient (Wildman–Crippen LogP) is 1.89. The third kappa shape index (κ3) is 6.13. The van der Waals surface area contributed by atoms with E-state index in [1.54, 1.807) is 4.90 Å². The Morgan fingerprint density at radius 3 is 2.55 bits per heavy atom. The number of carbonyl (C=O) groups excluding carboxylic acids is 2. The molecular weight excluding hydrogens is 302 g/mol. The topological polar surface area (TPSA) is 66.6 Å². The molecule has 22 heavy (non-hydrogen) atoms. The van der Waals surface area contributed by atoms with Gasteiger partial charge in [-0.2, -0.15) is 0 Å². The fourth-order valence-electron chi connectivity index (χ4n) is 2.87. The van der Waals surface area contributed by atoms with E-state index < -0.39 is 0 Å². The van der Waals surface area contributed by atoms with Crippen molar-refractivity contribution in [3.63, 3.8) is 0 Å². The van der Waals surface area contributed by atoms with Crippen molar-refractivity contribution in [1.82, 2.24) is 9.80 Å². The first kappa shape index (κ1) is 21.2. The van der Waals surface area contributed by atoms with Gasteiger partial charge in [0.15, 0.2) is 0 Å². The van der Waals surface area contributed by atoms with E-state index in [0.29, 0.717) is 26.1 Å². The Labute approximate surface area is 141 Å². The van der Waals surface area contributed by atoms with Crippen LogP contribution in [0.25, 0.3) is 0 Å². The summed E-state index contributed by atoms with van der Waals surface area (Å²) in [7, 11) is 1.84. The average molecular weight is 334 g/mol. The predicted molar refractivity (Wildman–Crippen MR) is 91.9 cm³/mol. The molecule has 1 unspecified atom stereocenters. The van der Waals surface area contributed by atoms with Crippen LogP contribution in [0.1, 0.15) is 46.5 Å². The molecule has 1 rings (SSSR count). The number of piperidine rings is 1. The second-order valence-electron chi connectivity index (χ2n) is 6.99. The van der Waals surface area contributed by atoms with E-state index in [9.17, 15) is 9.59 Å². The minimum atomic E-state index is -0.0726. The van der Waals surface area contributed by atoms with Gasteiger partial charge in [0.2, 0.25) is 11.8 Å². The van der Waals surface area contributed by atoms with E-state index >= 15 is 0 Å². The van der Waals surface area contributed by atoms with Crippen LogP contribution in [0.4, 0.5) is 0 Å².